The number of aromatic nitrogens is 3. The zero-order valence-electron chi connectivity index (χ0n) is 12.6. The van der Waals surface area contributed by atoms with Crippen LogP contribution in [0.15, 0.2) is 18.6 Å². The van der Waals surface area contributed by atoms with Crippen molar-refractivity contribution in [2.45, 2.75) is 44.3 Å². The van der Waals surface area contributed by atoms with Crippen LogP contribution in [-0.2, 0) is 9.47 Å². The van der Waals surface area contributed by atoms with Gasteiger partial charge in [-0.2, -0.15) is 0 Å². The number of fused-ring (bicyclic) bond motifs is 2. The second kappa shape index (κ2) is 4.89. The number of nitrogens with zero attached hydrogens (tertiary/aromatic N) is 3. The molecule has 1 aliphatic carbocycles. The molecule has 4 rings (SSSR count). The van der Waals surface area contributed by atoms with Gasteiger partial charge < -0.3 is 19.8 Å². The Morgan fingerprint density at radius 3 is 2.91 bits per heavy atom. The Morgan fingerprint density at radius 2 is 2.14 bits per heavy atom. The molecule has 0 amide bonds. The fraction of sp³-hybridized carbons (Fsp3) is 0.600. The van der Waals surface area contributed by atoms with Crippen LogP contribution in [0.25, 0.3) is 11.0 Å². The molecule has 118 valence electrons. The van der Waals surface area contributed by atoms with Crippen molar-refractivity contribution in [3.05, 3.63) is 23.7 Å². The first-order valence-electron chi connectivity index (χ1n) is 7.53. The summed E-state index contributed by atoms with van der Waals surface area (Å²) in [6, 6.07) is 2.09. The smallest absolute Gasteiger partial charge is 0.163 e. The van der Waals surface area contributed by atoms with Gasteiger partial charge in [0.2, 0.25) is 0 Å². The molecule has 2 fully saturated rings. The van der Waals surface area contributed by atoms with Crippen molar-refractivity contribution in [3.63, 3.8) is 0 Å². The van der Waals surface area contributed by atoms with E-state index in [-0.39, 0.29) is 24.2 Å². The first-order valence-corrected chi connectivity index (χ1v) is 7.91. The summed E-state index contributed by atoms with van der Waals surface area (Å²) in [5, 5.41) is 1.33. The molecule has 1 aliphatic heterocycles. The predicted molar refractivity (Wildman–Crippen MR) is 82.6 cm³/mol. The van der Waals surface area contributed by atoms with Gasteiger partial charge in [0.25, 0.3) is 0 Å². The lowest BCUT2D eigenvalue weighted by atomic mass is 10.1. The molecule has 0 spiro atoms. The van der Waals surface area contributed by atoms with Gasteiger partial charge in [-0.15, -0.1) is 0 Å². The molecule has 0 bridgehead atoms. The highest BCUT2D eigenvalue weighted by Crippen LogP contribution is 2.47. The van der Waals surface area contributed by atoms with E-state index in [1.807, 2.05) is 26.1 Å². The average molecular weight is 323 g/mol. The van der Waals surface area contributed by atoms with Gasteiger partial charge >= 0.3 is 0 Å². The third kappa shape index (κ3) is 2.06. The summed E-state index contributed by atoms with van der Waals surface area (Å²) in [6.07, 6.45) is 4.41. The zero-order valence-corrected chi connectivity index (χ0v) is 13.3. The van der Waals surface area contributed by atoms with Crippen molar-refractivity contribution in [1.82, 2.24) is 14.5 Å². The predicted octanol–water partition coefficient (Wildman–Crippen LogP) is 2.12. The van der Waals surface area contributed by atoms with Crippen LogP contribution in [0.1, 0.15) is 26.3 Å². The van der Waals surface area contributed by atoms with Crippen LogP contribution in [-0.4, -0.2) is 39.1 Å². The molecular weight excluding hydrogens is 304 g/mol. The van der Waals surface area contributed by atoms with Gasteiger partial charge in [-0.1, -0.05) is 11.6 Å². The van der Waals surface area contributed by atoms with Crippen molar-refractivity contribution in [1.29, 1.82) is 0 Å². The van der Waals surface area contributed by atoms with E-state index in [1.165, 1.54) is 6.33 Å². The van der Waals surface area contributed by atoms with Crippen molar-refractivity contribution in [2.75, 3.05) is 6.54 Å². The molecule has 2 aromatic rings. The fourth-order valence-electron chi connectivity index (χ4n) is 3.77. The fourth-order valence-corrected chi connectivity index (χ4v) is 3.96. The first kappa shape index (κ1) is 14.4. The van der Waals surface area contributed by atoms with Crippen LogP contribution in [0.3, 0.4) is 0 Å². The Labute approximate surface area is 133 Å². The molecule has 7 heteroatoms. The van der Waals surface area contributed by atoms with Crippen LogP contribution in [0, 0.1) is 5.92 Å². The SMILES string of the molecule is CC1(C)O[C@@H]2[C@@H](CN)C[C@@H](n3ccc4c(Cl)ncnc43)[C@@H]2O1. The summed E-state index contributed by atoms with van der Waals surface area (Å²) in [7, 11) is 0. The van der Waals surface area contributed by atoms with Gasteiger partial charge in [-0.3, -0.25) is 0 Å². The Bertz CT molecular complexity index is 717. The molecule has 4 atom stereocenters. The highest BCUT2D eigenvalue weighted by atomic mass is 35.5. The summed E-state index contributed by atoms with van der Waals surface area (Å²) in [5.74, 6) is -0.289. The number of rotatable bonds is 2. The van der Waals surface area contributed by atoms with Crippen molar-refractivity contribution in [3.8, 4) is 0 Å². The highest BCUT2D eigenvalue weighted by molar-refractivity contribution is 6.33. The lowest BCUT2D eigenvalue weighted by molar-refractivity contribution is -0.159. The van der Waals surface area contributed by atoms with E-state index in [0.29, 0.717) is 11.7 Å². The quantitative estimate of drug-likeness (QED) is 0.857. The van der Waals surface area contributed by atoms with Crippen LogP contribution >= 0.6 is 11.6 Å². The van der Waals surface area contributed by atoms with Crippen LogP contribution in [0.2, 0.25) is 5.15 Å². The topological polar surface area (TPSA) is 75.2 Å². The van der Waals surface area contributed by atoms with Crippen molar-refractivity contribution in [2.24, 2.45) is 11.7 Å². The molecule has 2 aliphatic rings. The van der Waals surface area contributed by atoms with Crippen LogP contribution in [0.5, 0.6) is 0 Å². The normalized spacial score (nSPS) is 33.5. The Hall–Kier alpha value is -1.21. The van der Waals surface area contributed by atoms with Gasteiger partial charge in [0.1, 0.15) is 23.2 Å². The molecule has 1 saturated heterocycles. The minimum absolute atomic E-state index is 0.0205. The van der Waals surface area contributed by atoms with E-state index in [4.69, 9.17) is 26.8 Å². The number of ether oxygens (including phenoxy) is 2. The van der Waals surface area contributed by atoms with E-state index in [9.17, 15) is 0 Å². The average Bonchev–Trinajstić information content (AvgIpc) is 3.10. The molecule has 0 radical (unpaired) electrons. The number of halogens is 1. The molecule has 22 heavy (non-hydrogen) atoms. The zero-order chi connectivity index (χ0) is 15.5. The summed E-state index contributed by atoms with van der Waals surface area (Å²) in [6.45, 7) is 4.48. The molecular formula is C15H19ClN4O2. The molecule has 6 nitrogen and oxygen atoms in total. The molecule has 2 aromatic heterocycles. The number of hydrogen-bond donors (Lipinski definition) is 1. The van der Waals surface area contributed by atoms with Crippen molar-refractivity contribution < 1.29 is 9.47 Å². The third-order valence-corrected chi connectivity index (χ3v) is 4.97. The highest BCUT2D eigenvalue weighted by Gasteiger charge is 2.54. The van der Waals surface area contributed by atoms with Gasteiger partial charge in [-0.05, 0) is 32.9 Å². The lowest BCUT2D eigenvalue weighted by Crippen LogP contribution is -2.29. The summed E-state index contributed by atoms with van der Waals surface area (Å²) in [5.41, 5.74) is 6.77. The number of hydrogen-bond acceptors (Lipinski definition) is 5. The van der Waals surface area contributed by atoms with Gasteiger partial charge in [0.15, 0.2) is 5.79 Å². The van der Waals surface area contributed by atoms with Gasteiger partial charge in [-0.25, -0.2) is 9.97 Å². The van der Waals surface area contributed by atoms with E-state index in [0.717, 1.165) is 17.5 Å². The largest absolute Gasteiger partial charge is 0.344 e. The molecule has 3 heterocycles. The van der Waals surface area contributed by atoms with E-state index in [2.05, 4.69) is 14.5 Å². The van der Waals surface area contributed by atoms with Gasteiger partial charge in [0.05, 0.1) is 17.5 Å². The summed E-state index contributed by atoms with van der Waals surface area (Å²) in [4.78, 5) is 8.42. The maximum Gasteiger partial charge on any atom is 0.163 e. The van der Waals surface area contributed by atoms with E-state index < -0.39 is 5.79 Å². The maximum absolute atomic E-state index is 6.15. The minimum Gasteiger partial charge on any atom is -0.344 e. The standard InChI is InChI=1S/C15H19ClN4O2/c1-15(2)21-11-8(6-17)5-10(12(11)22-15)20-4-3-9-13(16)18-7-19-14(9)20/h3-4,7-8,10-12H,5-6,17H2,1-2H3/t8-,10-,11-,12+/m1/s1. The van der Waals surface area contributed by atoms with E-state index >= 15 is 0 Å². The Balaban J connectivity index is 1.77. The maximum atomic E-state index is 6.15. The third-order valence-electron chi connectivity index (χ3n) is 4.67. The van der Waals surface area contributed by atoms with E-state index in [1.54, 1.807) is 0 Å². The molecule has 1 saturated carbocycles. The Morgan fingerprint density at radius 1 is 1.36 bits per heavy atom. The molecule has 0 aromatic carbocycles. The molecule has 2 N–H and O–H groups in total. The Kier molecular flexibility index (Phi) is 3.20. The molecule has 0 unspecified atom stereocenters. The van der Waals surface area contributed by atoms with Gasteiger partial charge in [0, 0.05) is 12.1 Å². The first-order chi connectivity index (χ1) is 10.5. The second-order valence-electron chi connectivity index (χ2n) is 6.49. The lowest BCUT2D eigenvalue weighted by Gasteiger charge is -2.24. The summed E-state index contributed by atoms with van der Waals surface area (Å²) < 4.78 is 14.3. The number of nitrogens with two attached hydrogens (primary N) is 1. The monoisotopic (exact) mass is 322 g/mol. The van der Waals surface area contributed by atoms with Crippen molar-refractivity contribution >= 4 is 22.6 Å². The van der Waals surface area contributed by atoms with Crippen LogP contribution < -0.4 is 5.73 Å². The summed E-state index contributed by atoms with van der Waals surface area (Å²) >= 11 is 6.15. The second-order valence-corrected chi connectivity index (χ2v) is 6.85. The van der Waals surface area contributed by atoms with Crippen LogP contribution in [0.4, 0.5) is 0 Å². The minimum atomic E-state index is -0.572.